The number of carbonyl (C=O) groups excluding carboxylic acids is 1. The van der Waals surface area contributed by atoms with Gasteiger partial charge in [-0.05, 0) is 25.2 Å². The Hall–Kier alpha value is -1.30. The van der Waals surface area contributed by atoms with E-state index in [9.17, 15) is 9.59 Å². The third kappa shape index (κ3) is 3.59. The van der Waals surface area contributed by atoms with Gasteiger partial charge in [-0.15, -0.1) is 0 Å². The zero-order valence-corrected chi connectivity index (χ0v) is 11.6. The molecule has 2 amide bonds. The fourth-order valence-corrected chi connectivity index (χ4v) is 2.48. The number of carbonyl (C=O) groups is 2. The lowest BCUT2D eigenvalue weighted by molar-refractivity contribution is -0.143. The maximum Gasteiger partial charge on any atom is 0.320 e. The van der Waals surface area contributed by atoms with Crippen LogP contribution in [0, 0.1) is 11.8 Å². The van der Waals surface area contributed by atoms with Crippen molar-refractivity contribution in [1.82, 2.24) is 15.1 Å². The maximum atomic E-state index is 11.9. The molecule has 1 heterocycles. The summed E-state index contributed by atoms with van der Waals surface area (Å²) < 4.78 is 0. The summed E-state index contributed by atoms with van der Waals surface area (Å²) >= 11 is 0. The number of piperazine rings is 1. The summed E-state index contributed by atoms with van der Waals surface area (Å²) in [5.74, 6) is 0.589. The average Bonchev–Trinajstić information content (AvgIpc) is 3.11. The number of aliphatic carboxylic acids is 1. The van der Waals surface area contributed by atoms with Gasteiger partial charge in [0.25, 0.3) is 0 Å². The summed E-state index contributed by atoms with van der Waals surface area (Å²) in [6.45, 7) is 7.11. The van der Waals surface area contributed by atoms with Crippen molar-refractivity contribution < 1.29 is 14.7 Å². The predicted molar refractivity (Wildman–Crippen MR) is 70.9 cm³/mol. The van der Waals surface area contributed by atoms with Gasteiger partial charge in [-0.25, -0.2) is 4.79 Å². The van der Waals surface area contributed by atoms with Crippen molar-refractivity contribution in [1.29, 1.82) is 0 Å². The summed E-state index contributed by atoms with van der Waals surface area (Å²) in [5, 5.41) is 11.9. The summed E-state index contributed by atoms with van der Waals surface area (Å²) in [6.07, 6.45) is 1.21. The minimum Gasteiger partial charge on any atom is -0.480 e. The van der Waals surface area contributed by atoms with E-state index in [2.05, 4.69) is 12.2 Å². The second kappa shape index (κ2) is 5.77. The highest BCUT2D eigenvalue weighted by atomic mass is 16.4. The van der Waals surface area contributed by atoms with E-state index in [-0.39, 0.29) is 6.03 Å². The molecule has 2 rings (SSSR count). The van der Waals surface area contributed by atoms with Crippen molar-refractivity contribution in [3.63, 3.8) is 0 Å². The molecule has 3 atom stereocenters. The van der Waals surface area contributed by atoms with Crippen LogP contribution in [0.25, 0.3) is 0 Å². The number of carboxylic acid groups (broad SMARTS) is 1. The van der Waals surface area contributed by atoms with Gasteiger partial charge in [0, 0.05) is 32.7 Å². The minimum absolute atomic E-state index is 0.0123. The number of nitrogens with zero attached hydrogens (tertiary/aromatic N) is 2. The van der Waals surface area contributed by atoms with Crippen molar-refractivity contribution in [2.45, 2.75) is 26.3 Å². The van der Waals surface area contributed by atoms with Gasteiger partial charge in [-0.2, -0.15) is 0 Å². The summed E-state index contributed by atoms with van der Waals surface area (Å²) in [5.41, 5.74) is 0. The van der Waals surface area contributed by atoms with E-state index in [1.165, 1.54) is 6.42 Å². The molecule has 0 bridgehead atoms. The number of nitrogens with one attached hydrogen (secondary N) is 1. The van der Waals surface area contributed by atoms with Crippen molar-refractivity contribution in [3.8, 4) is 0 Å². The standard InChI is InChI=1S/C13H23N3O3/c1-9-7-11(9)8-14-13(19)16-5-3-15(4-6-16)10(2)12(17)18/h9-11H,3-8H2,1-2H3,(H,14,19)(H,17,18). The number of urea groups is 1. The highest BCUT2D eigenvalue weighted by molar-refractivity contribution is 5.75. The Morgan fingerprint density at radius 3 is 2.37 bits per heavy atom. The van der Waals surface area contributed by atoms with E-state index in [1.807, 2.05) is 4.90 Å². The number of rotatable bonds is 4. The van der Waals surface area contributed by atoms with E-state index in [0.29, 0.717) is 32.1 Å². The first kappa shape index (κ1) is 14.1. The van der Waals surface area contributed by atoms with Crippen LogP contribution >= 0.6 is 0 Å². The predicted octanol–water partition coefficient (Wildman–Crippen LogP) is 0.443. The Bertz CT molecular complexity index is 353. The Labute approximate surface area is 113 Å². The van der Waals surface area contributed by atoms with E-state index in [4.69, 9.17) is 5.11 Å². The van der Waals surface area contributed by atoms with Crippen molar-refractivity contribution in [2.75, 3.05) is 32.7 Å². The lowest BCUT2D eigenvalue weighted by atomic mass is 10.2. The normalized spacial score (nSPS) is 28.8. The molecule has 108 valence electrons. The fourth-order valence-electron chi connectivity index (χ4n) is 2.48. The zero-order valence-electron chi connectivity index (χ0n) is 11.6. The maximum absolute atomic E-state index is 11.9. The molecule has 19 heavy (non-hydrogen) atoms. The van der Waals surface area contributed by atoms with Gasteiger partial charge in [0.2, 0.25) is 0 Å². The van der Waals surface area contributed by atoms with E-state index >= 15 is 0 Å². The van der Waals surface area contributed by atoms with Crippen LogP contribution in [0.15, 0.2) is 0 Å². The first-order valence-electron chi connectivity index (χ1n) is 6.98. The van der Waals surface area contributed by atoms with Crippen LogP contribution in [0.4, 0.5) is 4.79 Å². The Morgan fingerprint density at radius 2 is 1.89 bits per heavy atom. The van der Waals surface area contributed by atoms with Crippen LogP contribution in [0.5, 0.6) is 0 Å². The molecule has 2 aliphatic rings. The molecule has 0 aromatic carbocycles. The van der Waals surface area contributed by atoms with Crippen molar-refractivity contribution >= 4 is 12.0 Å². The van der Waals surface area contributed by atoms with Crippen LogP contribution in [-0.2, 0) is 4.79 Å². The number of hydrogen-bond donors (Lipinski definition) is 2. The molecule has 1 saturated heterocycles. The van der Waals surface area contributed by atoms with E-state index in [1.54, 1.807) is 11.8 Å². The van der Waals surface area contributed by atoms with Gasteiger partial charge < -0.3 is 15.3 Å². The third-order valence-corrected chi connectivity index (χ3v) is 4.30. The first-order chi connectivity index (χ1) is 8.99. The quantitative estimate of drug-likeness (QED) is 0.777. The fraction of sp³-hybridized carbons (Fsp3) is 0.846. The van der Waals surface area contributed by atoms with Crippen LogP contribution in [0.3, 0.4) is 0 Å². The van der Waals surface area contributed by atoms with Crippen LogP contribution in [-0.4, -0.2) is 65.7 Å². The van der Waals surface area contributed by atoms with Gasteiger partial charge in [0.15, 0.2) is 0 Å². The van der Waals surface area contributed by atoms with Gasteiger partial charge in [-0.1, -0.05) is 6.92 Å². The SMILES string of the molecule is CC1CC1CNC(=O)N1CCN(C(C)C(=O)O)CC1. The number of hydrogen-bond acceptors (Lipinski definition) is 3. The van der Waals surface area contributed by atoms with Gasteiger partial charge in [-0.3, -0.25) is 9.69 Å². The lowest BCUT2D eigenvalue weighted by Crippen LogP contribution is -2.55. The van der Waals surface area contributed by atoms with Crippen molar-refractivity contribution in [2.24, 2.45) is 11.8 Å². The van der Waals surface area contributed by atoms with Crippen LogP contribution in [0.1, 0.15) is 20.3 Å². The second-order valence-corrected chi connectivity index (χ2v) is 5.70. The molecule has 3 unspecified atom stereocenters. The molecular formula is C13H23N3O3. The first-order valence-corrected chi connectivity index (χ1v) is 6.98. The summed E-state index contributed by atoms with van der Waals surface area (Å²) in [4.78, 5) is 26.5. The highest BCUT2D eigenvalue weighted by Gasteiger charge is 2.33. The molecule has 6 nitrogen and oxygen atoms in total. The molecule has 1 aliphatic carbocycles. The molecule has 0 radical (unpaired) electrons. The highest BCUT2D eigenvalue weighted by Crippen LogP contribution is 2.36. The molecule has 1 saturated carbocycles. The number of carboxylic acids is 1. The smallest absolute Gasteiger partial charge is 0.320 e. The molecule has 0 spiro atoms. The lowest BCUT2D eigenvalue weighted by Gasteiger charge is -2.36. The Balaban J connectivity index is 1.70. The van der Waals surface area contributed by atoms with E-state index < -0.39 is 12.0 Å². The minimum atomic E-state index is -0.805. The molecule has 6 heteroatoms. The Morgan fingerprint density at radius 1 is 1.32 bits per heavy atom. The van der Waals surface area contributed by atoms with Gasteiger partial charge >= 0.3 is 12.0 Å². The monoisotopic (exact) mass is 269 g/mol. The Kier molecular flexibility index (Phi) is 4.29. The average molecular weight is 269 g/mol. The molecular weight excluding hydrogens is 246 g/mol. The summed E-state index contributed by atoms with van der Waals surface area (Å²) in [7, 11) is 0. The van der Waals surface area contributed by atoms with Crippen LogP contribution in [0.2, 0.25) is 0 Å². The molecule has 1 aliphatic heterocycles. The van der Waals surface area contributed by atoms with Gasteiger partial charge in [0.1, 0.15) is 6.04 Å². The topological polar surface area (TPSA) is 72.9 Å². The number of amides is 2. The second-order valence-electron chi connectivity index (χ2n) is 5.70. The van der Waals surface area contributed by atoms with Gasteiger partial charge in [0.05, 0.1) is 0 Å². The molecule has 0 aromatic rings. The van der Waals surface area contributed by atoms with Crippen LogP contribution < -0.4 is 5.32 Å². The molecule has 2 N–H and O–H groups in total. The van der Waals surface area contributed by atoms with Crippen molar-refractivity contribution in [3.05, 3.63) is 0 Å². The molecule has 0 aromatic heterocycles. The molecule has 2 fully saturated rings. The zero-order chi connectivity index (χ0) is 14.0. The largest absolute Gasteiger partial charge is 0.480 e. The summed E-state index contributed by atoms with van der Waals surface area (Å²) in [6, 6.07) is -0.487. The third-order valence-electron chi connectivity index (χ3n) is 4.30. The van der Waals surface area contributed by atoms with E-state index in [0.717, 1.165) is 12.5 Å².